The first-order valence-corrected chi connectivity index (χ1v) is 10.8. The Kier molecular flexibility index (Phi) is 7.87. The minimum atomic E-state index is -0.660. The summed E-state index contributed by atoms with van der Waals surface area (Å²) in [6, 6.07) is 6.28. The summed E-state index contributed by atoms with van der Waals surface area (Å²) in [4.78, 5) is 39.8. The molecule has 3 amide bonds. The van der Waals surface area contributed by atoms with Crippen molar-refractivity contribution in [2.24, 2.45) is 11.3 Å². The molecule has 0 aliphatic carbocycles. The second-order valence-corrected chi connectivity index (χ2v) is 9.36. The maximum absolute atomic E-state index is 13.0. The first-order valence-electron chi connectivity index (χ1n) is 10.8. The molecule has 1 aliphatic heterocycles. The Morgan fingerprint density at radius 3 is 2.52 bits per heavy atom. The molecule has 1 heterocycles. The van der Waals surface area contributed by atoms with E-state index in [-0.39, 0.29) is 17.9 Å². The number of urea groups is 1. The fourth-order valence-corrected chi connectivity index (χ4v) is 3.22. The molecule has 170 valence electrons. The standard InChI is InChI=1S/C24H35N3O4/c1-8-12-27-16(4)19(21(28)31-14-15(2)3)20(26-23(27)30)17-10-9-11-18(13-17)25-22(29)24(5,6)7/h9-11,13,15,20H,8,12,14H2,1-7H3,(H,25,29)(H,26,30). The molecule has 1 aliphatic rings. The molecule has 7 nitrogen and oxygen atoms in total. The van der Waals surface area contributed by atoms with Crippen LogP contribution >= 0.6 is 0 Å². The molecule has 0 radical (unpaired) electrons. The van der Waals surface area contributed by atoms with Crippen molar-refractivity contribution < 1.29 is 19.1 Å². The Morgan fingerprint density at radius 2 is 1.94 bits per heavy atom. The molecule has 2 rings (SSSR count). The largest absolute Gasteiger partial charge is 0.462 e. The topological polar surface area (TPSA) is 87.7 Å². The van der Waals surface area contributed by atoms with Gasteiger partial charge < -0.3 is 15.4 Å². The Balaban J connectivity index is 2.44. The van der Waals surface area contributed by atoms with Crippen molar-refractivity contribution in [1.29, 1.82) is 0 Å². The lowest BCUT2D eigenvalue weighted by Crippen LogP contribution is -2.48. The maximum atomic E-state index is 13.0. The molecule has 0 spiro atoms. The average Bonchev–Trinajstić information content (AvgIpc) is 2.68. The molecule has 31 heavy (non-hydrogen) atoms. The number of carbonyl (C=O) groups excluding carboxylic acids is 3. The normalized spacial score (nSPS) is 17.0. The quantitative estimate of drug-likeness (QED) is 0.619. The van der Waals surface area contributed by atoms with E-state index >= 15 is 0 Å². The highest BCUT2D eigenvalue weighted by Gasteiger charge is 2.36. The van der Waals surface area contributed by atoms with Crippen molar-refractivity contribution in [3.8, 4) is 0 Å². The van der Waals surface area contributed by atoms with Crippen molar-refractivity contribution in [2.75, 3.05) is 18.5 Å². The van der Waals surface area contributed by atoms with E-state index in [1.807, 2.05) is 47.6 Å². The van der Waals surface area contributed by atoms with E-state index in [1.54, 1.807) is 30.0 Å². The van der Waals surface area contributed by atoms with Crippen LogP contribution in [0.2, 0.25) is 0 Å². The van der Waals surface area contributed by atoms with Crippen LogP contribution in [0, 0.1) is 11.3 Å². The minimum Gasteiger partial charge on any atom is -0.462 e. The maximum Gasteiger partial charge on any atom is 0.338 e. The van der Waals surface area contributed by atoms with Crippen LogP contribution in [0.3, 0.4) is 0 Å². The Hall–Kier alpha value is -2.83. The number of carbonyl (C=O) groups is 3. The molecule has 1 aromatic rings. The minimum absolute atomic E-state index is 0.116. The summed E-state index contributed by atoms with van der Waals surface area (Å²) in [5.74, 6) is -0.361. The van der Waals surface area contributed by atoms with Crippen LogP contribution in [-0.4, -0.2) is 36.0 Å². The van der Waals surface area contributed by atoms with Gasteiger partial charge in [-0.05, 0) is 37.0 Å². The van der Waals surface area contributed by atoms with Gasteiger partial charge in [-0.3, -0.25) is 9.69 Å². The van der Waals surface area contributed by atoms with Crippen molar-refractivity contribution in [3.05, 3.63) is 41.1 Å². The molecular formula is C24H35N3O4. The van der Waals surface area contributed by atoms with Gasteiger partial charge in [-0.1, -0.05) is 53.7 Å². The van der Waals surface area contributed by atoms with Crippen LogP contribution in [-0.2, 0) is 14.3 Å². The summed E-state index contributed by atoms with van der Waals surface area (Å²) in [5.41, 5.74) is 1.77. The van der Waals surface area contributed by atoms with Crippen LogP contribution in [0.4, 0.5) is 10.5 Å². The number of nitrogens with one attached hydrogen (secondary N) is 2. The fourth-order valence-electron chi connectivity index (χ4n) is 3.22. The van der Waals surface area contributed by atoms with E-state index in [1.165, 1.54) is 0 Å². The van der Waals surface area contributed by atoms with Crippen LogP contribution in [0.5, 0.6) is 0 Å². The number of benzene rings is 1. The third-order valence-corrected chi connectivity index (χ3v) is 4.97. The summed E-state index contributed by atoms with van der Waals surface area (Å²) >= 11 is 0. The first kappa shape index (κ1) is 24.4. The molecule has 0 saturated heterocycles. The third kappa shape index (κ3) is 6.09. The predicted molar refractivity (Wildman–Crippen MR) is 121 cm³/mol. The number of hydrogen-bond donors (Lipinski definition) is 2. The molecule has 2 N–H and O–H groups in total. The lowest BCUT2D eigenvalue weighted by Gasteiger charge is -2.35. The number of ether oxygens (including phenoxy) is 1. The van der Waals surface area contributed by atoms with E-state index in [0.29, 0.717) is 35.7 Å². The molecule has 0 bridgehead atoms. The molecule has 0 saturated carbocycles. The third-order valence-electron chi connectivity index (χ3n) is 4.97. The van der Waals surface area contributed by atoms with E-state index in [2.05, 4.69) is 10.6 Å². The lowest BCUT2D eigenvalue weighted by molar-refractivity contribution is -0.140. The van der Waals surface area contributed by atoms with Crippen LogP contribution < -0.4 is 10.6 Å². The molecule has 7 heteroatoms. The lowest BCUT2D eigenvalue weighted by atomic mass is 9.93. The Labute approximate surface area is 185 Å². The number of allylic oxidation sites excluding steroid dienone is 1. The molecule has 0 aromatic heterocycles. The number of rotatable bonds is 7. The van der Waals surface area contributed by atoms with Crippen molar-refractivity contribution in [3.63, 3.8) is 0 Å². The number of hydrogen-bond acceptors (Lipinski definition) is 4. The monoisotopic (exact) mass is 429 g/mol. The summed E-state index contributed by atoms with van der Waals surface area (Å²) in [7, 11) is 0. The smallest absolute Gasteiger partial charge is 0.338 e. The van der Waals surface area contributed by atoms with E-state index in [4.69, 9.17) is 4.74 Å². The van der Waals surface area contributed by atoms with Gasteiger partial charge in [0.25, 0.3) is 0 Å². The second-order valence-electron chi connectivity index (χ2n) is 9.36. The zero-order valence-electron chi connectivity index (χ0n) is 19.7. The van der Waals surface area contributed by atoms with Crippen LogP contribution in [0.25, 0.3) is 0 Å². The highest BCUT2D eigenvalue weighted by Crippen LogP contribution is 2.33. The number of nitrogens with zero attached hydrogens (tertiary/aromatic N) is 1. The zero-order valence-corrected chi connectivity index (χ0v) is 19.7. The zero-order chi connectivity index (χ0) is 23.3. The van der Waals surface area contributed by atoms with E-state index in [0.717, 1.165) is 6.42 Å². The number of esters is 1. The summed E-state index contributed by atoms with van der Waals surface area (Å²) in [6.45, 7) is 14.0. The van der Waals surface area contributed by atoms with Gasteiger partial charge in [0.05, 0.1) is 18.2 Å². The van der Waals surface area contributed by atoms with Gasteiger partial charge in [-0.25, -0.2) is 9.59 Å². The molecule has 0 fully saturated rings. The second kappa shape index (κ2) is 9.98. The van der Waals surface area contributed by atoms with Crippen molar-refractivity contribution in [1.82, 2.24) is 10.2 Å². The number of anilines is 1. The molecule has 1 unspecified atom stereocenters. The Morgan fingerprint density at radius 1 is 1.26 bits per heavy atom. The van der Waals surface area contributed by atoms with Crippen molar-refractivity contribution in [2.45, 2.75) is 60.9 Å². The predicted octanol–water partition coefficient (Wildman–Crippen LogP) is 4.62. The number of amides is 3. The van der Waals surface area contributed by atoms with E-state index in [9.17, 15) is 14.4 Å². The van der Waals surface area contributed by atoms with Crippen LogP contribution in [0.15, 0.2) is 35.5 Å². The molecule has 1 aromatic carbocycles. The van der Waals surface area contributed by atoms with Gasteiger partial charge in [0.2, 0.25) is 5.91 Å². The van der Waals surface area contributed by atoms with Gasteiger partial charge >= 0.3 is 12.0 Å². The Bertz CT molecular complexity index is 868. The SMILES string of the molecule is CCCN1C(=O)NC(c2cccc(NC(=O)C(C)(C)C)c2)C(C(=O)OCC(C)C)=C1C. The van der Waals surface area contributed by atoms with Crippen LogP contribution in [0.1, 0.15) is 66.5 Å². The van der Waals surface area contributed by atoms with Gasteiger partial charge in [0.1, 0.15) is 0 Å². The van der Waals surface area contributed by atoms with Crippen molar-refractivity contribution >= 4 is 23.6 Å². The highest BCUT2D eigenvalue weighted by molar-refractivity contribution is 5.96. The van der Waals surface area contributed by atoms with E-state index < -0.39 is 17.4 Å². The van der Waals surface area contributed by atoms with Gasteiger partial charge in [0.15, 0.2) is 0 Å². The van der Waals surface area contributed by atoms with Gasteiger partial charge in [-0.2, -0.15) is 0 Å². The summed E-state index contributed by atoms with van der Waals surface area (Å²) in [5, 5.41) is 5.85. The van der Waals surface area contributed by atoms with Gasteiger partial charge in [0, 0.05) is 23.3 Å². The fraction of sp³-hybridized carbons (Fsp3) is 0.542. The van der Waals surface area contributed by atoms with Gasteiger partial charge in [-0.15, -0.1) is 0 Å². The molecular weight excluding hydrogens is 394 g/mol. The molecule has 1 atom stereocenters. The summed E-state index contributed by atoms with van der Waals surface area (Å²) in [6.07, 6.45) is 0.762. The average molecular weight is 430 g/mol. The summed E-state index contributed by atoms with van der Waals surface area (Å²) < 4.78 is 5.52. The highest BCUT2D eigenvalue weighted by atomic mass is 16.5. The first-order chi connectivity index (χ1) is 14.5.